The van der Waals surface area contributed by atoms with Crippen LogP contribution in [0.5, 0.6) is 0 Å². The number of thioether (sulfide) groups is 1. The molecule has 2 rings (SSSR count). The lowest BCUT2D eigenvalue weighted by Crippen LogP contribution is -2.45. The summed E-state index contributed by atoms with van der Waals surface area (Å²) in [5.41, 5.74) is 0. The van der Waals surface area contributed by atoms with Crippen LogP contribution in [0.15, 0.2) is 0 Å². The number of hydrogen-bond donors (Lipinski definition) is 1. The molecular weight excluding hydrogens is 218 g/mol. The van der Waals surface area contributed by atoms with E-state index in [0.29, 0.717) is 6.04 Å². The summed E-state index contributed by atoms with van der Waals surface area (Å²) >= 11 is 2.19. The normalized spacial score (nSPS) is 32.8. The lowest BCUT2D eigenvalue weighted by molar-refractivity contribution is 0.175. The highest BCUT2D eigenvalue weighted by atomic mass is 32.2. The second-order valence-electron chi connectivity index (χ2n) is 5.01. The van der Waals surface area contributed by atoms with Crippen molar-refractivity contribution in [3.8, 4) is 0 Å². The summed E-state index contributed by atoms with van der Waals surface area (Å²) < 4.78 is 5.56. The van der Waals surface area contributed by atoms with Crippen molar-refractivity contribution in [3.05, 3.63) is 0 Å². The molecule has 0 aromatic carbocycles. The van der Waals surface area contributed by atoms with E-state index < -0.39 is 0 Å². The SMILES string of the molecule is CCCNC(C1CCOC1)C1CCCCS1. The fourth-order valence-electron chi connectivity index (χ4n) is 2.80. The van der Waals surface area contributed by atoms with E-state index in [2.05, 4.69) is 24.0 Å². The molecule has 3 atom stereocenters. The second kappa shape index (κ2) is 6.87. The molecule has 94 valence electrons. The first kappa shape index (κ1) is 12.7. The van der Waals surface area contributed by atoms with Gasteiger partial charge in [0.15, 0.2) is 0 Å². The fourth-order valence-corrected chi connectivity index (χ4v) is 4.33. The summed E-state index contributed by atoms with van der Waals surface area (Å²) in [5, 5.41) is 4.62. The minimum atomic E-state index is 0.702. The lowest BCUT2D eigenvalue weighted by Gasteiger charge is -2.34. The molecular formula is C13H25NOS. The Morgan fingerprint density at radius 3 is 2.94 bits per heavy atom. The molecule has 1 N–H and O–H groups in total. The number of hydrogen-bond acceptors (Lipinski definition) is 3. The molecule has 0 radical (unpaired) electrons. The van der Waals surface area contributed by atoms with Gasteiger partial charge in [0.25, 0.3) is 0 Å². The van der Waals surface area contributed by atoms with Crippen molar-refractivity contribution in [3.63, 3.8) is 0 Å². The van der Waals surface area contributed by atoms with Crippen LogP contribution in [0.3, 0.4) is 0 Å². The Morgan fingerprint density at radius 2 is 2.31 bits per heavy atom. The molecule has 2 nitrogen and oxygen atoms in total. The van der Waals surface area contributed by atoms with Gasteiger partial charge in [-0.3, -0.25) is 0 Å². The van der Waals surface area contributed by atoms with Gasteiger partial charge >= 0.3 is 0 Å². The van der Waals surface area contributed by atoms with Gasteiger partial charge in [-0.05, 0) is 38.0 Å². The maximum absolute atomic E-state index is 5.56. The smallest absolute Gasteiger partial charge is 0.0510 e. The van der Waals surface area contributed by atoms with E-state index >= 15 is 0 Å². The maximum atomic E-state index is 5.56. The molecule has 0 spiro atoms. The first-order chi connectivity index (χ1) is 7.92. The molecule has 2 fully saturated rings. The summed E-state index contributed by atoms with van der Waals surface area (Å²) in [4.78, 5) is 0. The van der Waals surface area contributed by atoms with Crippen LogP contribution in [0.2, 0.25) is 0 Å². The van der Waals surface area contributed by atoms with Crippen molar-refractivity contribution < 1.29 is 4.74 Å². The Hall–Kier alpha value is 0.270. The number of ether oxygens (including phenoxy) is 1. The van der Waals surface area contributed by atoms with E-state index in [-0.39, 0.29) is 0 Å². The van der Waals surface area contributed by atoms with Gasteiger partial charge in [0.1, 0.15) is 0 Å². The zero-order chi connectivity index (χ0) is 11.2. The maximum Gasteiger partial charge on any atom is 0.0510 e. The highest BCUT2D eigenvalue weighted by Crippen LogP contribution is 2.32. The van der Waals surface area contributed by atoms with Crippen molar-refractivity contribution in [2.24, 2.45) is 5.92 Å². The second-order valence-corrected chi connectivity index (χ2v) is 6.36. The van der Waals surface area contributed by atoms with Crippen LogP contribution in [0.25, 0.3) is 0 Å². The van der Waals surface area contributed by atoms with Crippen LogP contribution in [0.4, 0.5) is 0 Å². The third kappa shape index (κ3) is 3.38. The number of rotatable bonds is 5. The van der Waals surface area contributed by atoms with Crippen molar-refractivity contribution in [2.75, 3.05) is 25.5 Å². The number of nitrogens with one attached hydrogen (secondary N) is 1. The van der Waals surface area contributed by atoms with Crippen LogP contribution in [0, 0.1) is 5.92 Å². The van der Waals surface area contributed by atoms with Gasteiger partial charge < -0.3 is 10.1 Å². The van der Waals surface area contributed by atoms with Gasteiger partial charge in [0.2, 0.25) is 0 Å². The standard InChI is InChI=1S/C13H25NOS/c1-2-7-14-13(11-6-8-15-10-11)12-5-3-4-9-16-12/h11-14H,2-10H2,1H3. The zero-order valence-corrected chi connectivity index (χ0v) is 11.2. The quantitative estimate of drug-likeness (QED) is 0.802. The molecule has 0 aliphatic carbocycles. The molecule has 3 heteroatoms. The predicted octanol–water partition coefficient (Wildman–Crippen LogP) is 2.68. The molecule has 3 unspecified atom stereocenters. The highest BCUT2D eigenvalue weighted by Gasteiger charge is 2.32. The monoisotopic (exact) mass is 243 g/mol. The Bertz CT molecular complexity index is 188. The third-order valence-corrected chi connectivity index (χ3v) is 5.20. The third-order valence-electron chi connectivity index (χ3n) is 3.72. The van der Waals surface area contributed by atoms with Gasteiger partial charge in [-0.25, -0.2) is 0 Å². The van der Waals surface area contributed by atoms with Crippen molar-refractivity contribution in [1.82, 2.24) is 5.32 Å². The highest BCUT2D eigenvalue weighted by molar-refractivity contribution is 8.00. The molecule has 16 heavy (non-hydrogen) atoms. The van der Waals surface area contributed by atoms with Crippen LogP contribution >= 0.6 is 11.8 Å². The largest absolute Gasteiger partial charge is 0.381 e. The van der Waals surface area contributed by atoms with E-state index in [1.54, 1.807) is 0 Å². The minimum absolute atomic E-state index is 0.702. The fraction of sp³-hybridized carbons (Fsp3) is 1.00. The summed E-state index contributed by atoms with van der Waals surface area (Å²) in [6, 6.07) is 0.702. The summed E-state index contributed by atoms with van der Waals surface area (Å²) in [6.45, 7) is 5.38. The average Bonchev–Trinajstić information content (AvgIpc) is 2.85. The van der Waals surface area contributed by atoms with Gasteiger partial charge in [-0.2, -0.15) is 11.8 Å². The van der Waals surface area contributed by atoms with E-state index in [0.717, 1.165) is 30.9 Å². The average molecular weight is 243 g/mol. The van der Waals surface area contributed by atoms with Crippen molar-refractivity contribution in [1.29, 1.82) is 0 Å². The van der Waals surface area contributed by atoms with Gasteiger partial charge in [0.05, 0.1) is 6.61 Å². The van der Waals surface area contributed by atoms with E-state index in [1.165, 1.54) is 37.9 Å². The molecule has 0 saturated carbocycles. The van der Waals surface area contributed by atoms with Crippen LogP contribution in [-0.2, 0) is 4.74 Å². The van der Waals surface area contributed by atoms with Crippen LogP contribution in [-0.4, -0.2) is 36.8 Å². The van der Waals surface area contributed by atoms with E-state index in [4.69, 9.17) is 4.74 Å². The predicted molar refractivity (Wildman–Crippen MR) is 71.1 cm³/mol. The molecule has 2 aliphatic heterocycles. The van der Waals surface area contributed by atoms with E-state index in [1.807, 2.05) is 0 Å². The minimum Gasteiger partial charge on any atom is -0.381 e. The van der Waals surface area contributed by atoms with Gasteiger partial charge in [0, 0.05) is 23.8 Å². The molecule has 2 heterocycles. The van der Waals surface area contributed by atoms with Gasteiger partial charge in [-0.15, -0.1) is 0 Å². The Kier molecular flexibility index (Phi) is 5.46. The van der Waals surface area contributed by atoms with Crippen molar-refractivity contribution >= 4 is 11.8 Å². The summed E-state index contributed by atoms with van der Waals surface area (Å²) in [5.74, 6) is 2.13. The zero-order valence-electron chi connectivity index (χ0n) is 10.4. The first-order valence-electron chi connectivity index (χ1n) is 6.84. The lowest BCUT2D eigenvalue weighted by atomic mass is 9.93. The van der Waals surface area contributed by atoms with Crippen LogP contribution in [0.1, 0.15) is 39.0 Å². The topological polar surface area (TPSA) is 21.3 Å². The molecule has 0 aromatic heterocycles. The molecule has 2 saturated heterocycles. The Balaban J connectivity index is 1.89. The summed E-state index contributed by atoms with van der Waals surface area (Å²) in [6.07, 6.45) is 6.75. The summed E-state index contributed by atoms with van der Waals surface area (Å²) in [7, 11) is 0. The van der Waals surface area contributed by atoms with Crippen LogP contribution < -0.4 is 5.32 Å². The Morgan fingerprint density at radius 1 is 1.38 bits per heavy atom. The van der Waals surface area contributed by atoms with Crippen molar-refractivity contribution in [2.45, 2.75) is 50.3 Å². The Labute approximate surface area is 104 Å². The molecule has 2 aliphatic rings. The molecule has 0 aromatic rings. The molecule has 0 amide bonds. The van der Waals surface area contributed by atoms with E-state index in [9.17, 15) is 0 Å². The first-order valence-corrected chi connectivity index (χ1v) is 7.89. The molecule has 0 bridgehead atoms. The van der Waals surface area contributed by atoms with Gasteiger partial charge in [-0.1, -0.05) is 13.3 Å².